The second kappa shape index (κ2) is 8.02. The van der Waals surface area contributed by atoms with Crippen molar-refractivity contribution in [2.24, 2.45) is 0 Å². The van der Waals surface area contributed by atoms with Gasteiger partial charge in [-0.3, -0.25) is 4.98 Å². The van der Waals surface area contributed by atoms with Gasteiger partial charge in [0.2, 0.25) is 5.88 Å². The predicted molar refractivity (Wildman–Crippen MR) is 95.7 cm³/mol. The molecule has 134 valence electrons. The molecule has 7 nitrogen and oxygen atoms in total. The van der Waals surface area contributed by atoms with Gasteiger partial charge in [-0.15, -0.1) is 0 Å². The summed E-state index contributed by atoms with van der Waals surface area (Å²) in [5.74, 6) is 2.73. The minimum atomic E-state index is -0.188. The minimum Gasteiger partial charge on any atom is -0.493 e. The van der Waals surface area contributed by atoms with Crippen molar-refractivity contribution >= 4 is 5.82 Å². The van der Waals surface area contributed by atoms with E-state index in [1.807, 2.05) is 25.1 Å². The molecule has 1 aromatic heterocycles. The Hall–Kier alpha value is -2.54. The molecule has 1 saturated heterocycles. The van der Waals surface area contributed by atoms with Crippen LogP contribution in [-0.2, 0) is 0 Å². The fraction of sp³-hybridized carbons (Fsp3) is 0.444. The van der Waals surface area contributed by atoms with E-state index >= 15 is 0 Å². The second-order valence-electron chi connectivity index (χ2n) is 5.83. The van der Waals surface area contributed by atoms with Crippen LogP contribution in [0.1, 0.15) is 18.6 Å². The Morgan fingerprint density at radius 2 is 1.84 bits per heavy atom. The summed E-state index contributed by atoms with van der Waals surface area (Å²) in [6, 6.07) is 5.74. The monoisotopic (exact) mass is 344 g/mol. The number of rotatable bonds is 6. The number of nitrogens with zero attached hydrogens (tertiary/aromatic N) is 3. The molecular weight excluding hydrogens is 320 g/mol. The Labute approximate surface area is 147 Å². The summed E-state index contributed by atoms with van der Waals surface area (Å²) in [7, 11) is 3.24. The number of aromatic nitrogens is 2. The van der Waals surface area contributed by atoms with E-state index in [9.17, 15) is 0 Å². The number of hydrogen-bond donors (Lipinski definition) is 1. The van der Waals surface area contributed by atoms with Gasteiger partial charge in [-0.1, -0.05) is 6.07 Å². The van der Waals surface area contributed by atoms with Crippen LogP contribution in [0.4, 0.5) is 5.82 Å². The third-order valence-corrected chi connectivity index (χ3v) is 4.22. The van der Waals surface area contributed by atoms with Crippen LogP contribution < -0.4 is 24.4 Å². The van der Waals surface area contributed by atoms with Crippen molar-refractivity contribution in [2.75, 3.05) is 45.3 Å². The quantitative estimate of drug-likeness (QED) is 0.860. The normalized spacial score (nSPS) is 15.6. The lowest BCUT2D eigenvalue weighted by atomic mass is 10.1. The average molecular weight is 344 g/mol. The molecule has 0 spiro atoms. The minimum absolute atomic E-state index is 0.188. The predicted octanol–water partition coefficient (Wildman–Crippen LogP) is 2.04. The SMILES string of the molecule is COc1ccc(C(C)Oc2cncc(N3CCNCC3)n2)cc1OC. The maximum atomic E-state index is 5.99. The molecule has 1 fully saturated rings. The third kappa shape index (κ3) is 4.11. The van der Waals surface area contributed by atoms with Gasteiger partial charge in [-0.05, 0) is 24.6 Å². The van der Waals surface area contributed by atoms with Crippen LogP contribution in [0.25, 0.3) is 0 Å². The Morgan fingerprint density at radius 1 is 1.08 bits per heavy atom. The number of nitrogens with one attached hydrogen (secondary N) is 1. The van der Waals surface area contributed by atoms with Crippen LogP contribution in [0.15, 0.2) is 30.6 Å². The molecule has 0 radical (unpaired) electrons. The summed E-state index contributed by atoms with van der Waals surface area (Å²) >= 11 is 0. The highest BCUT2D eigenvalue weighted by molar-refractivity contribution is 5.44. The van der Waals surface area contributed by atoms with E-state index in [0.717, 1.165) is 37.6 Å². The van der Waals surface area contributed by atoms with Crippen LogP contribution in [0, 0.1) is 0 Å². The van der Waals surface area contributed by atoms with E-state index < -0.39 is 0 Å². The summed E-state index contributed by atoms with van der Waals surface area (Å²) in [5.41, 5.74) is 0.979. The van der Waals surface area contributed by atoms with Crippen molar-refractivity contribution in [3.63, 3.8) is 0 Å². The van der Waals surface area contributed by atoms with Crippen LogP contribution in [0.3, 0.4) is 0 Å². The fourth-order valence-electron chi connectivity index (χ4n) is 2.80. The first-order chi connectivity index (χ1) is 12.2. The van der Waals surface area contributed by atoms with Gasteiger partial charge in [-0.2, -0.15) is 4.98 Å². The molecule has 0 saturated carbocycles. The fourth-order valence-corrected chi connectivity index (χ4v) is 2.80. The van der Waals surface area contributed by atoms with E-state index in [1.54, 1.807) is 26.6 Å². The van der Waals surface area contributed by atoms with Gasteiger partial charge < -0.3 is 24.4 Å². The maximum Gasteiger partial charge on any atom is 0.234 e. The topological polar surface area (TPSA) is 68.7 Å². The van der Waals surface area contributed by atoms with Gasteiger partial charge in [0, 0.05) is 26.2 Å². The smallest absolute Gasteiger partial charge is 0.234 e. The number of piperazine rings is 1. The first-order valence-electron chi connectivity index (χ1n) is 8.37. The molecule has 0 amide bonds. The van der Waals surface area contributed by atoms with E-state index in [1.165, 1.54) is 0 Å². The van der Waals surface area contributed by atoms with Crippen molar-refractivity contribution in [1.82, 2.24) is 15.3 Å². The van der Waals surface area contributed by atoms with Crippen LogP contribution in [0.5, 0.6) is 17.4 Å². The molecule has 1 aromatic carbocycles. The molecule has 1 unspecified atom stereocenters. The molecule has 2 aromatic rings. The molecule has 0 aliphatic carbocycles. The number of ether oxygens (including phenoxy) is 3. The van der Waals surface area contributed by atoms with Gasteiger partial charge in [-0.25, -0.2) is 0 Å². The Bertz CT molecular complexity index is 704. The zero-order valence-corrected chi connectivity index (χ0v) is 14.9. The van der Waals surface area contributed by atoms with Gasteiger partial charge in [0.25, 0.3) is 0 Å². The van der Waals surface area contributed by atoms with E-state index in [-0.39, 0.29) is 6.10 Å². The van der Waals surface area contributed by atoms with Crippen LogP contribution >= 0.6 is 0 Å². The first kappa shape index (κ1) is 17.3. The van der Waals surface area contributed by atoms with Crippen LogP contribution in [-0.4, -0.2) is 50.4 Å². The third-order valence-electron chi connectivity index (χ3n) is 4.22. The summed E-state index contributed by atoms with van der Waals surface area (Å²) < 4.78 is 16.6. The molecule has 1 aliphatic rings. The molecule has 1 aliphatic heterocycles. The van der Waals surface area contributed by atoms with Gasteiger partial charge in [0.15, 0.2) is 17.3 Å². The highest BCUT2D eigenvalue weighted by Gasteiger charge is 2.15. The van der Waals surface area contributed by atoms with Gasteiger partial charge in [0.1, 0.15) is 6.10 Å². The van der Waals surface area contributed by atoms with Crippen molar-refractivity contribution in [1.29, 1.82) is 0 Å². The van der Waals surface area contributed by atoms with Crippen molar-refractivity contribution in [3.8, 4) is 17.4 Å². The number of benzene rings is 1. The van der Waals surface area contributed by atoms with Crippen LogP contribution in [0.2, 0.25) is 0 Å². The van der Waals surface area contributed by atoms with E-state index in [4.69, 9.17) is 14.2 Å². The number of anilines is 1. The molecule has 1 atom stereocenters. The maximum absolute atomic E-state index is 5.99. The summed E-state index contributed by atoms with van der Waals surface area (Å²) in [4.78, 5) is 11.1. The lowest BCUT2D eigenvalue weighted by Crippen LogP contribution is -2.43. The van der Waals surface area contributed by atoms with Gasteiger partial charge in [0.05, 0.1) is 26.6 Å². The molecule has 0 bridgehead atoms. The Balaban J connectivity index is 1.73. The van der Waals surface area contributed by atoms with Gasteiger partial charge >= 0.3 is 0 Å². The molecule has 7 heteroatoms. The summed E-state index contributed by atoms with van der Waals surface area (Å²) in [6.07, 6.45) is 3.23. The molecule has 3 rings (SSSR count). The lowest BCUT2D eigenvalue weighted by molar-refractivity contribution is 0.215. The van der Waals surface area contributed by atoms with E-state index in [0.29, 0.717) is 17.4 Å². The molecule has 2 heterocycles. The zero-order chi connectivity index (χ0) is 17.6. The highest BCUT2D eigenvalue weighted by atomic mass is 16.5. The Morgan fingerprint density at radius 3 is 2.56 bits per heavy atom. The van der Waals surface area contributed by atoms with Crippen molar-refractivity contribution < 1.29 is 14.2 Å². The largest absolute Gasteiger partial charge is 0.493 e. The number of methoxy groups -OCH3 is 2. The Kier molecular flexibility index (Phi) is 5.55. The molecule has 25 heavy (non-hydrogen) atoms. The zero-order valence-electron chi connectivity index (χ0n) is 14.9. The average Bonchev–Trinajstić information content (AvgIpc) is 2.68. The lowest BCUT2D eigenvalue weighted by Gasteiger charge is -2.28. The highest BCUT2D eigenvalue weighted by Crippen LogP contribution is 2.31. The molecular formula is C18H24N4O3. The summed E-state index contributed by atoms with van der Waals surface area (Å²) in [5, 5.41) is 3.33. The second-order valence-corrected chi connectivity index (χ2v) is 5.83. The summed E-state index contributed by atoms with van der Waals surface area (Å²) in [6.45, 7) is 5.72. The van der Waals surface area contributed by atoms with Crippen molar-refractivity contribution in [2.45, 2.75) is 13.0 Å². The van der Waals surface area contributed by atoms with Crippen molar-refractivity contribution in [3.05, 3.63) is 36.2 Å². The first-order valence-corrected chi connectivity index (χ1v) is 8.37. The number of hydrogen-bond acceptors (Lipinski definition) is 7. The standard InChI is InChI=1S/C18H24N4O3/c1-13(14-4-5-15(23-2)16(10-14)24-3)25-18-12-20-11-17(21-18)22-8-6-19-7-9-22/h4-5,10-13,19H,6-9H2,1-3H3. The molecule has 1 N–H and O–H groups in total. The van der Waals surface area contributed by atoms with E-state index in [2.05, 4.69) is 20.2 Å².